The fourth-order valence-corrected chi connectivity index (χ4v) is 2.11. The second-order valence-electron chi connectivity index (χ2n) is 4.15. The van der Waals surface area contributed by atoms with Crippen LogP contribution < -0.4 is 10.5 Å². The molecule has 0 amide bonds. The summed E-state index contributed by atoms with van der Waals surface area (Å²) in [5, 5.41) is 0. The van der Waals surface area contributed by atoms with Gasteiger partial charge in [0.25, 0.3) is 0 Å². The summed E-state index contributed by atoms with van der Waals surface area (Å²) in [5.41, 5.74) is 6.85. The lowest BCUT2D eigenvalue weighted by Crippen LogP contribution is -2.24. The molecule has 18 heavy (non-hydrogen) atoms. The number of rotatable bonds is 2. The summed E-state index contributed by atoms with van der Waals surface area (Å²) >= 11 is 0. The molecule has 1 aliphatic rings. The van der Waals surface area contributed by atoms with Gasteiger partial charge in [-0.25, -0.2) is 14.4 Å². The second-order valence-corrected chi connectivity index (χ2v) is 4.15. The van der Waals surface area contributed by atoms with E-state index in [9.17, 15) is 4.39 Å². The van der Waals surface area contributed by atoms with Crippen LogP contribution in [0.15, 0.2) is 30.6 Å². The number of benzene rings is 1. The standard InChI is InChI=1S/C13H12FN3O/c14-11-3-2-9(13-16-4-1-5-17-13)12-10(11)6-8(7-15)18-12/h1-5,8H,6-7,15H2. The monoisotopic (exact) mass is 245 g/mol. The number of hydrogen-bond acceptors (Lipinski definition) is 4. The second kappa shape index (κ2) is 4.34. The normalized spacial score (nSPS) is 17.3. The van der Waals surface area contributed by atoms with E-state index in [1.54, 1.807) is 24.5 Å². The Kier molecular flexibility index (Phi) is 2.68. The molecule has 4 nitrogen and oxygen atoms in total. The minimum Gasteiger partial charge on any atom is -0.488 e. The number of fused-ring (bicyclic) bond motifs is 1. The zero-order chi connectivity index (χ0) is 12.5. The van der Waals surface area contributed by atoms with Crippen LogP contribution in [-0.2, 0) is 6.42 Å². The van der Waals surface area contributed by atoms with Gasteiger partial charge in [-0.15, -0.1) is 0 Å². The van der Waals surface area contributed by atoms with Crippen molar-refractivity contribution < 1.29 is 9.13 Å². The number of ether oxygens (including phenoxy) is 1. The highest BCUT2D eigenvalue weighted by atomic mass is 19.1. The highest BCUT2D eigenvalue weighted by Gasteiger charge is 2.28. The van der Waals surface area contributed by atoms with E-state index in [0.717, 1.165) is 0 Å². The number of nitrogens with two attached hydrogens (primary N) is 1. The van der Waals surface area contributed by atoms with E-state index in [0.29, 0.717) is 35.7 Å². The summed E-state index contributed by atoms with van der Waals surface area (Å²) < 4.78 is 19.4. The Balaban J connectivity index is 2.12. The first-order valence-electron chi connectivity index (χ1n) is 5.75. The molecule has 1 aliphatic heterocycles. The van der Waals surface area contributed by atoms with Crippen LogP contribution in [0, 0.1) is 5.82 Å². The Hall–Kier alpha value is -2.01. The molecule has 5 heteroatoms. The van der Waals surface area contributed by atoms with Crippen molar-refractivity contribution >= 4 is 0 Å². The number of aromatic nitrogens is 2. The molecule has 0 saturated heterocycles. The van der Waals surface area contributed by atoms with E-state index < -0.39 is 0 Å². The van der Waals surface area contributed by atoms with Crippen molar-refractivity contribution in [3.63, 3.8) is 0 Å². The molecule has 1 aromatic carbocycles. The molecule has 2 N–H and O–H groups in total. The van der Waals surface area contributed by atoms with E-state index in [-0.39, 0.29) is 11.9 Å². The fourth-order valence-electron chi connectivity index (χ4n) is 2.11. The van der Waals surface area contributed by atoms with E-state index >= 15 is 0 Å². The summed E-state index contributed by atoms with van der Waals surface area (Å²) in [5.74, 6) is 0.795. The van der Waals surface area contributed by atoms with Crippen molar-refractivity contribution in [1.29, 1.82) is 0 Å². The highest BCUT2D eigenvalue weighted by molar-refractivity contribution is 5.67. The molecule has 0 spiro atoms. The zero-order valence-corrected chi connectivity index (χ0v) is 9.64. The molecule has 1 unspecified atom stereocenters. The minimum absolute atomic E-state index is 0.167. The van der Waals surface area contributed by atoms with Crippen LogP contribution in [0.25, 0.3) is 11.4 Å². The molecule has 0 aliphatic carbocycles. The van der Waals surface area contributed by atoms with Gasteiger partial charge in [-0.1, -0.05) is 0 Å². The van der Waals surface area contributed by atoms with Gasteiger partial charge in [-0.3, -0.25) is 0 Å². The van der Waals surface area contributed by atoms with Gasteiger partial charge in [0, 0.05) is 30.9 Å². The molecule has 2 aromatic rings. The Bertz CT molecular complexity index is 574. The predicted molar refractivity (Wildman–Crippen MR) is 64.6 cm³/mol. The number of halogens is 1. The SMILES string of the molecule is NCC1Cc2c(F)ccc(-c3ncccn3)c2O1. The van der Waals surface area contributed by atoms with Crippen molar-refractivity contribution in [2.24, 2.45) is 5.73 Å². The third kappa shape index (κ3) is 1.73. The Labute approximate surface area is 104 Å². The van der Waals surface area contributed by atoms with Gasteiger partial charge in [0.15, 0.2) is 5.82 Å². The lowest BCUT2D eigenvalue weighted by atomic mass is 10.1. The predicted octanol–water partition coefficient (Wildman–Crippen LogP) is 1.54. The van der Waals surface area contributed by atoms with Crippen molar-refractivity contribution in [2.45, 2.75) is 12.5 Å². The van der Waals surface area contributed by atoms with Gasteiger partial charge in [0.1, 0.15) is 17.7 Å². The molecule has 3 rings (SSSR count). The molecule has 0 saturated carbocycles. The van der Waals surface area contributed by atoms with Crippen molar-refractivity contribution in [3.8, 4) is 17.1 Å². The first-order valence-corrected chi connectivity index (χ1v) is 5.75. The summed E-state index contributed by atoms with van der Waals surface area (Å²) in [7, 11) is 0. The van der Waals surface area contributed by atoms with Crippen LogP contribution in [0.1, 0.15) is 5.56 Å². The summed E-state index contributed by atoms with van der Waals surface area (Å²) in [6.07, 6.45) is 3.62. The molecule has 0 radical (unpaired) electrons. The largest absolute Gasteiger partial charge is 0.488 e. The van der Waals surface area contributed by atoms with Gasteiger partial charge in [-0.2, -0.15) is 0 Å². The van der Waals surface area contributed by atoms with Crippen molar-refractivity contribution in [3.05, 3.63) is 42.0 Å². The fraction of sp³-hybridized carbons (Fsp3) is 0.231. The Morgan fingerprint density at radius 1 is 1.33 bits per heavy atom. The van der Waals surface area contributed by atoms with E-state index in [1.165, 1.54) is 6.07 Å². The first-order chi connectivity index (χ1) is 8.79. The molecule has 1 atom stereocenters. The van der Waals surface area contributed by atoms with Crippen LogP contribution in [-0.4, -0.2) is 22.6 Å². The first kappa shape index (κ1) is 11.1. The van der Waals surface area contributed by atoms with E-state index in [2.05, 4.69) is 9.97 Å². The van der Waals surface area contributed by atoms with Gasteiger partial charge in [0.05, 0.1) is 5.56 Å². The maximum Gasteiger partial charge on any atom is 0.162 e. The lowest BCUT2D eigenvalue weighted by molar-refractivity contribution is 0.242. The lowest BCUT2D eigenvalue weighted by Gasteiger charge is -2.09. The molecule has 92 valence electrons. The Morgan fingerprint density at radius 3 is 2.83 bits per heavy atom. The minimum atomic E-state index is -0.263. The summed E-state index contributed by atoms with van der Waals surface area (Å²) in [4.78, 5) is 8.32. The van der Waals surface area contributed by atoms with E-state index in [1.807, 2.05) is 0 Å². The summed E-state index contributed by atoms with van der Waals surface area (Å²) in [6.45, 7) is 0.364. The van der Waals surface area contributed by atoms with E-state index in [4.69, 9.17) is 10.5 Å². The molecule has 0 bridgehead atoms. The van der Waals surface area contributed by atoms with Crippen LogP contribution in [0.2, 0.25) is 0 Å². The maximum absolute atomic E-state index is 13.7. The van der Waals surface area contributed by atoms with Crippen LogP contribution in [0.5, 0.6) is 5.75 Å². The molecular weight excluding hydrogens is 233 g/mol. The van der Waals surface area contributed by atoms with Crippen molar-refractivity contribution in [2.75, 3.05) is 6.54 Å². The average Bonchev–Trinajstić information content (AvgIpc) is 2.85. The molecule has 1 aromatic heterocycles. The van der Waals surface area contributed by atoms with Gasteiger partial charge in [0.2, 0.25) is 0 Å². The summed E-state index contributed by atoms with van der Waals surface area (Å²) in [6, 6.07) is 4.80. The van der Waals surface area contributed by atoms with Crippen LogP contribution >= 0.6 is 0 Å². The molecule has 0 fully saturated rings. The smallest absolute Gasteiger partial charge is 0.162 e. The maximum atomic E-state index is 13.7. The van der Waals surface area contributed by atoms with Gasteiger partial charge in [-0.05, 0) is 18.2 Å². The van der Waals surface area contributed by atoms with Gasteiger partial charge >= 0.3 is 0 Å². The number of hydrogen-bond donors (Lipinski definition) is 1. The number of nitrogens with zero attached hydrogens (tertiary/aromatic N) is 2. The van der Waals surface area contributed by atoms with Crippen LogP contribution in [0.4, 0.5) is 4.39 Å². The zero-order valence-electron chi connectivity index (χ0n) is 9.64. The van der Waals surface area contributed by atoms with Gasteiger partial charge < -0.3 is 10.5 Å². The third-order valence-corrected chi connectivity index (χ3v) is 2.99. The van der Waals surface area contributed by atoms with Crippen molar-refractivity contribution in [1.82, 2.24) is 9.97 Å². The molecular formula is C13H12FN3O. The van der Waals surface area contributed by atoms with Crippen LogP contribution in [0.3, 0.4) is 0 Å². The quantitative estimate of drug-likeness (QED) is 0.872. The third-order valence-electron chi connectivity index (χ3n) is 2.99. The Morgan fingerprint density at radius 2 is 2.11 bits per heavy atom. The average molecular weight is 245 g/mol. The topological polar surface area (TPSA) is 61.0 Å². The molecule has 2 heterocycles. The highest BCUT2D eigenvalue weighted by Crippen LogP contribution is 2.38.